The van der Waals surface area contributed by atoms with E-state index in [9.17, 15) is 14.4 Å². The number of rotatable bonds is 10. The van der Waals surface area contributed by atoms with Crippen LogP contribution in [0, 0.1) is 5.92 Å². The number of amides is 2. The molecule has 246 valence electrons. The van der Waals surface area contributed by atoms with Gasteiger partial charge in [-0.1, -0.05) is 32.8 Å². The van der Waals surface area contributed by atoms with Crippen molar-refractivity contribution in [2.75, 3.05) is 32.0 Å². The van der Waals surface area contributed by atoms with Crippen molar-refractivity contribution >= 4 is 34.0 Å². The molecule has 2 amide bonds. The second-order valence-electron chi connectivity index (χ2n) is 12.0. The van der Waals surface area contributed by atoms with E-state index in [-0.39, 0.29) is 28.8 Å². The second-order valence-corrected chi connectivity index (χ2v) is 13.1. The second kappa shape index (κ2) is 14.5. The maximum Gasteiger partial charge on any atom is 0.248 e. The quantitative estimate of drug-likeness (QED) is 0.227. The number of hydrogen-bond donors (Lipinski definition) is 3. The van der Waals surface area contributed by atoms with Gasteiger partial charge in [0.1, 0.15) is 6.04 Å². The molecular weight excluding hydrogens is 604 g/mol. The van der Waals surface area contributed by atoms with Crippen molar-refractivity contribution in [3.63, 3.8) is 0 Å². The van der Waals surface area contributed by atoms with Crippen molar-refractivity contribution in [1.29, 1.82) is 0 Å². The van der Waals surface area contributed by atoms with E-state index in [1.54, 1.807) is 44.8 Å². The first-order chi connectivity index (χ1) is 22.2. The first-order valence-corrected chi connectivity index (χ1v) is 16.8. The zero-order valence-corrected chi connectivity index (χ0v) is 28.3. The fraction of sp³-hybridized carbons (Fsp3) is 0.486. The summed E-state index contributed by atoms with van der Waals surface area (Å²) in [7, 11) is 4.69. The van der Waals surface area contributed by atoms with Crippen LogP contribution in [0.4, 0.5) is 10.8 Å². The number of fused-ring (bicyclic) bond motifs is 4. The normalized spacial score (nSPS) is 16.7. The fourth-order valence-corrected chi connectivity index (χ4v) is 7.51. The molecule has 0 bridgehead atoms. The molecule has 2 aliphatic carbocycles. The largest absolute Gasteiger partial charge is 0.493 e. The Morgan fingerprint density at radius 3 is 2.48 bits per heavy atom. The van der Waals surface area contributed by atoms with Gasteiger partial charge in [0, 0.05) is 17.4 Å². The Bertz CT molecular complexity index is 1650. The van der Waals surface area contributed by atoms with Crippen LogP contribution in [0.15, 0.2) is 29.1 Å². The Morgan fingerprint density at radius 2 is 1.78 bits per heavy atom. The molecule has 10 nitrogen and oxygen atoms in total. The third kappa shape index (κ3) is 6.84. The average Bonchev–Trinajstić information content (AvgIpc) is 3.14. The lowest BCUT2D eigenvalue weighted by molar-refractivity contribution is -0.120. The number of benzene rings is 1. The standard InChI is InChI=1S/C35H44N4O6S/c1-7-19(2)31(34(42)39-35-38-26-11-9-8-10-12-29(26)46-35)37-25-16-14-22-23(18-27(25)41)24(36-20(3)40)15-13-21-17-28(43-4)32(44-5)33(45-6)30(21)22/h14,16-19,24,31H,7-13,15H2,1-6H3,(H,36,40)(H,37,41)(H,38,39,42)/t19-,24+,31+/m1/s1. The number of aryl methyl sites for hydroxylation is 3. The van der Waals surface area contributed by atoms with Gasteiger partial charge in [0.05, 0.1) is 38.8 Å². The van der Waals surface area contributed by atoms with Gasteiger partial charge in [0.15, 0.2) is 16.6 Å². The molecule has 0 saturated carbocycles. The Kier molecular flexibility index (Phi) is 10.5. The molecule has 3 N–H and O–H groups in total. The summed E-state index contributed by atoms with van der Waals surface area (Å²) in [5, 5.41) is 9.96. The molecule has 46 heavy (non-hydrogen) atoms. The molecule has 11 heteroatoms. The maximum atomic E-state index is 13.9. The third-order valence-corrected chi connectivity index (χ3v) is 10.1. The van der Waals surface area contributed by atoms with Crippen LogP contribution >= 0.6 is 11.3 Å². The molecule has 0 radical (unpaired) electrons. The van der Waals surface area contributed by atoms with E-state index in [4.69, 9.17) is 19.2 Å². The molecule has 1 aromatic heterocycles. The summed E-state index contributed by atoms with van der Waals surface area (Å²) in [4.78, 5) is 46.0. The third-order valence-electron chi connectivity index (χ3n) is 9.05. The molecule has 2 aromatic carbocycles. The lowest BCUT2D eigenvalue weighted by Crippen LogP contribution is -2.40. The number of nitrogens with one attached hydrogen (secondary N) is 3. The summed E-state index contributed by atoms with van der Waals surface area (Å²) in [5.41, 5.74) is 4.17. The number of carbonyl (C=O) groups is 2. The Morgan fingerprint density at radius 1 is 1.02 bits per heavy atom. The van der Waals surface area contributed by atoms with Crippen LogP contribution in [0.5, 0.6) is 17.2 Å². The van der Waals surface area contributed by atoms with Crippen molar-refractivity contribution in [1.82, 2.24) is 10.3 Å². The van der Waals surface area contributed by atoms with Crippen LogP contribution in [0.1, 0.15) is 80.6 Å². The Hall–Kier alpha value is -4.12. The van der Waals surface area contributed by atoms with Gasteiger partial charge in [-0.25, -0.2) is 4.98 Å². The topological polar surface area (TPSA) is 128 Å². The number of hydrogen-bond acceptors (Lipinski definition) is 9. The molecule has 0 fully saturated rings. The number of carbonyl (C=O) groups excluding carboxylic acids is 2. The highest BCUT2D eigenvalue weighted by atomic mass is 32.1. The van der Waals surface area contributed by atoms with Gasteiger partial charge in [0.2, 0.25) is 23.0 Å². The van der Waals surface area contributed by atoms with Crippen LogP contribution in [0.3, 0.4) is 0 Å². The van der Waals surface area contributed by atoms with Gasteiger partial charge < -0.3 is 30.2 Å². The minimum Gasteiger partial charge on any atom is -0.493 e. The maximum absolute atomic E-state index is 13.9. The average molecular weight is 649 g/mol. The van der Waals surface area contributed by atoms with Gasteiger partial charge in [-0.05, 0) is 79.3 Å². The minimum absolute atomic E-state index is 0.0785. The highest BCUT2D eigenvalue weighted by Gasteiger charge is 2.31. The highest BCUT2D eigenvalue weighted by Crippen LogP contribution is 2.50. The summed E-state index contributed by atoms with van der Waals surface area (Å²) in [6, 6.07) is 5.95. The summed E-state index contributed by atoms with van der Waals surface area (Å²) in [6.07, 6.45) is 7.26. The van der Waals surface area contributed by atoms with E-state index in [0.29, 0.717) is 40.8 Å². The molecule has 2 aliphatic rings. The van der Waals surface area contributed by atoms with E-state index in [1.807, 2.05) is 26.0 Å². The molecule has 1 heterocycles. The number of anilines is 2. The van der Waals surface area contributed by atoms with E-state index in [0.717, 1.165) is 54.5 Å². The van der Waals surface area contributed by atoms with Gasteiger partial charge in [-0.2, -0.15) is 0 Å². The molecule has 5 rings (SSSR count). The van der Waals surface area contributed by atoms with Gasteiger partial charge in [-0.3, -0.25) is 14.4 Å². The van der Waals surface area contributed by atoms with E-state index < -0.39 is 12.1 Å². The SMILES string of the molecule is CC[C@@H](C)[C@H](Nc1ccc2c(cc1=O)[C@@H](NC(C)=O)CCc1cc(OC)c(OC)c(OC)c1-2)C(=O)Nc1nc2c(s1)CCCCC2. The summed E-state index contributed by atoms with van der Waals surface area (Å²) >= 11 is 1.55. The minimum atomic E-state index is -0.680. The lowest BCUT2D eigenvalue weighted by atomic mass is 9.95. The van der Waals surface area contributed by atoms with Gasteiger partial charge in [0.25, 0.3) is 0 Å². The van der Waals surface area contributed by atoms with Crippen molar-refractivity contribution in [2.24, 2.45) is 5.92 Å². The monoisotopic (exact) mass is 648 g/mol. The summed E-state index contributed by atoms with van der Waals surface area (Å²) < 4.78 is 17.2. The number of thiazole rings is 1. The van der Waals surface area contributed by atoms with E-state index in [2.05, 4.69) is 16.0 Å². The zero-order valence-electron chi connectivity index (χ0n) is 27.5. The molecule has 3 atom stereocenters. The summed E-state index contributed by atoms with van der Waals surface area (Å²) in [6.45, 7) is 5.48. The molecule has 0 spiro atoms. The molecular formula is C35H44N4O6S. The highest BCUT2D eigenvalue weighted by molar-refractivity contribution is 7.15. The molecule has 0 saturated heterocycles. The Labute approximate surface area is 274 Å². The molecule has 3 aromatic rings. The van der Waals surface area contributed by atoms with E-state index >= 15 is 0 Å². The number of aromatic nitrogens is 1. The van der Waals surface area contributed by atoms with Crippen LogP contribution in [-0.2, 0) is 28.9 Å². The Balaban J connectivity index is 1.57. The van der Waals surface area contributed by atoms with Crippen molar-refractivity contribution < 1.29 is 23.8 Å². The number of nitrogens with zero attached hydrogens (tertiary/aromatic N) is 1. The van der Waals surface area contributed by atoms with Gasteiger partial charge in [-0.15, -0.1) is 11.3 Å². The van der Waals surface area contributed by atoms with Crippen LogP contribution < -0.4 is 35.6 Å². The van der Waals surface area contributed by atoms with Gasteiger partial charge >= 0.3 is 0 Å². The van der Waals surface area contributed by atoms with Crippen molar-refractivity contribution in [3.8, 4) is 28.4 Å². The summed E-state index contributed by atoms with van der Waals surface area (Å²) in [5.74, 6) is 0.940. The van der Waals surface area contributed by atoms with E-state index in [1.165, 1.54) is 18.2 Å². The molecule has 0 aliphatic heterocycles. The zero-order chi connectivity index (χ0) is 33.0. The lowest BCUT2D eigenvalue weighted by Gasteiger charge is -2.23. The number of methoxy groups -OCH3 is 3. The fourth-order valence-electron chi connectivity index (χ4n) is 6.46. The van der Waals surface area contributed by atoms with Crippen molar-refractivity contribution in [2.45, 2.75) is 84.2 Å². The first-order valence-electron chi connectivity index (χ1n) is 16.0. The number of ether oxygens (including phenoxy) is 3. The van der Waals surface area contributed by atoms with Crippen LogP contribution in [-0.4, -0.2) is 44.2 Å². The molecule has 0 unspecified atom stereocenters. The van der Waals surface area contributed by atoms with Crippen LogP contribution in [0.25, 0.3) is 11.1 Å². The predicted molar refractivity (Wildman–Crippen MR) is 182 cm³/mol. The smallest absolute Gasteiger partial charge is 0.248 e. The first kappa shape index (κ1) is 33.2. The predicted octanol–water partition coefficient (Wildman–Crippen LogP) is 6.05. The van der Waals surface area contributed by atoms with Crippen LogP contribution in [0.2, 0.25) is 0 Å². The van der Waals surface area contributed by atoms with Crippen molar-refractivity contribution in [3.05, 3.63) is 56.2 Å².